The van der Waals surface area contributed by atoms with Gasteiger partial charge >= 0.3 is 6.18 Å². The van der Waals surface area contributed by atoms with Crippen molar-refractivity contribution in [1.82, 2.24) is 10.3 Å². The van der Waals surface area contributed by atoms with E-state index in [2.05, 4.69) is 29.5 Å². The van der Waals surface area contributed by atoms with Crippen LogP contribution in [0.4, 0.5) is 18.2 Å². The number of carbonyl (C=O) groups excluding carboxylic acids is 2. The van der Waals surface area contributed by atoms with E-state index in [0.29, 0.717) is 100 Å². The maximum absolute atomic E-state index is 13.8. The highest BCUT2D eigenvalue weighted by atomic mass is 32.1. The number of anilines is 1. The molecule has 0 bridgehead atoms. The lowest BCUT2D eigenvalue weighted by molar-refractivity contribution is -0.137. The monoisotopic (exact) mass is 857 g/mol. The first-order chi connectivity index (χ1) is 28.9. The van der Waals surface area contributed by atoms with Crippen molar-refractivity contribution in [1.29, 1.82) is 0 Å². The van der Waals surface area contributed by atoms with E-state index in [1.54, 1.807) is 30.3 Å². The van der Waals surface area contributed by atoms with E-state index in [-0.39, 0.29) is 31.1 Å². The van der Waals surface area contributed by atoms with Crippen LogP contribution in [0.1, 0.15) is 68.1 Å². The number of fused-ring (bicyclic) bond motifs is 1. The van der Waals surface area contributed by atoms with Crippen molar-refractivity contribution in [3.8, 4) is 11.3 Å². The number of pyridine rings is 1. The predicted octanol–water partition coefficient (Wildman–Crippen LogP) is 7.12. The number of aromatic nitrogens is 1. The van der Waals surface area contributed by atoms with E-state index in [1.165, 1.54) is 29.7 Å². The second-order valence-corrected chi connectivity index (χ2v) is 16.0. The summed E-state index contributed by atoms with van der Waals surface area (Å²) >= 11 is 1.51. The third kappa shape index (κ3) is 15.0. The number of amides is 2. The summed E-state index contributed by atoms with van der Waals surface area (Å²) in [7, 11) is 0. The summed E-state index contributed by atoms with van der Waals surface area (Å²) in [5.41, 5.74) is 3.57. The third-order valence-corrected chi connectivity index (χ3v) is 10.7. The summed E-state index contributed by atoms with van der Waals surface area (Å²) in [5, 5.41) is 15.1. The molecule has 0 spiro atoms. The summed E-state index contributed by atoms with van der Waals surface area (Å²) in [5.74, 6) is -0.755. The number of aliphatic hydroxyl groups excluding tert-OH is 1. The number of halogens is 3. The lowest BCUT2D eigenvalue weighted by Crippen LogP contribution is -2.23. The Morgan fingerprint density at radius 3 is 2.02 bits per heavy atom. The molecular weight excluding hydrogens is 804 g/mol. The highest BCUT2D eigenvalue weighted by Crippen LogP contribution is 2.47. The average Bonchev–Trinajstić information content (AvgIpc) is 3.57. The Hall–Kier alpha value is -4.26. The first-order valence-corrected chi connectivity index (χ1v) is 20.8. The molecule has 5 rings (SSSR count). The average molecular weight is 858 g/mol. The highest BCUT2D eigenvalue weighted by Gasteiger charge is 2.32. The maximum atomic E-state index is 13.8. The summed E-state index contributed by atoms with van der Waals surface area (Å²) < 4.78 is 72.5. The summed E-state index contributed by atoms with van der Waals surface area (Å²) in [6, 6.07) is 15.3. The van der Waals surface area contributed by atoms with Crippen LogP contribution >= 0.6 is 11.3 Å². The normalized spacial score (nSPS) is 13.6. The topological polar surface area (TPSA) is 147 Å². The van der Waals surface area contributed by atoms with Crippen LogP contribution in [-0.2, 0) is 60.6 Å². The number of thiophene rings is 1. The van der Waals surface area contributed by atoms with Gasteiger partial charge in [0.2, 0.25) is 0 Å². The van der Waals surface area contributed by atoms with Crippen LogP contribution in [0.15, 0.2) is 66.9 Å². The fourth-order valence-electron chi connectivity index (χ4n) is 6.45. The van der Waals surface area contributed by atoms with Crippen molar-refractivity contribution in [2.45, 2.75) is 52.4 Å². The van der Waals surface area contributed by atoms with Crippen molar-refractivity contribution in [3.05, 3.63) is 105 Å². The van der Waals surface area contributed by atoms with Crippen molar-refractivity contribution < 1.29 is 56.3 Å². The first kappa shape index (κ1) is 46.8. The number of benzene rings is 2. The van der Waals surface area contributed by atoms with Crippen LogP contribution in [0.2, 0.25) is 0 Å². The minimum Gasteiger partial charge on any atom is -0.394 e. The van der Waals surface area contributed by atoms with Gasteiger partial charge in [0.25, 0.3) is 11.8 Å². The molecule has 2 heterocycles. The van der Waals surface area contributed by atoms with Crippen molar-refractivity contribution in [2.75, 3.05) is 84.6 Å². The highest BCUT2D eigenvalue weighted by molar-refractivity contribution is 7.17. The molecule has 2 aromatic heterocycles. The van der Waals surface area contributed by atoms with Gasteiger partial charge in [-0.2, -0.15) is 13.2 Å². The van der Waals surface area contributed by atoms with Crippen LogP contribution < -0.4 is 10.6 Å². The number of aliphatic hydroxyl groups is 1. The molecule has 0 radical (unpaired) electrons. The van der Waals surface area contributed by atoms with Crippen LogP contribution in [0.25, 0.3) is 11.3 Å². The summed E-state index contributed by atoms with van der Waals surface area (Å²) in [6.45, 7) is 9.23. The Kier molecular flexibility index (Phi) is 18.5. The molecule has 60 heavy (non-hydrogen) atoms. The maximum Gasteiger partial charge on any atom is 0.416 e. The van der Waals surface area contributed by atoms with Crippen LogP contribution in [0.3, 0.4) is 0 Å². The van der Waals surface area contributed by atoms with Crippen LogP contribution in [-0.4, -0.2) is 101 Å². The van der Waals surface area contributed by atoms with E-state index in [9.17, 15) is 22.8 Å². The number of carbonyl (C=O) groups is 2. The number of hydrogen-bond donors (Lipinski definition) is 3. The minimum atomic E-state index is -4.48. The zero-order valence-corrected chi connectivity index (χ0v) is 34.9. The minimum absolute atomic E-state index is 0.00238. The summed E-state index contributed by atoms with van der Waals surface area (Å²) in [4.78, 5) is 32.8. The molecule has 0 atom stereocenters. The van der Waals surface area contributed by atoms with E-state index in [1.807, 2.05) is 6.07 Å². The number of rotatable bonds is 25. The molecule has 0 aliphatic heterocycles. The lowest BCUT2D eigenvalue weighted by atomic mass is 9.76. The third-order valence-electron chi connectivity index (χ3n) is 9.55. The Bertz CT molecular complexity index is 1970. The van der Waals surface area contributed by atoms with E-state index >= 15 is 0 Å². The number of ether oxygens (including phenoxy) is 6. The van der Waals surface area contributed by atoms with Crippen molar-refractivity contribution in [3.63, 3.8) is 0 Å². The fraction of sp³-hybridized carbons (Fsp3) is 0.477. The number of hydrogen-bond acceptors (Lipinski definition) is 11. The van der Waals surface area contributed by atoms with Gasteiger partial charge in [0.05, 0.1) is 97.1 Å². The second-order valence-electron chi connectivity index (χ2n) is 14.9. The van der Waals surface area contributed by atoms with Gasteiger partial charge in [0.15, 0.2) is 0 Å². The largest absolute Gasteiger partial charge is 0.416 e. The number of alkyl halides is 3. The Morgan fingerprint density at radius 1 is 0.767 bits per heavy atom. The van der Waals surface area contributed by atoms with Gasteiger partial charge in [-0.1, -0.05) is 38.1 Å². The standard InChI is InChI=1S/C44H54F3N3O9S/c1-43(2)11-9-36-38(28-43)60-42(39(36)37-27-34(10-12-48-37)40(52)49-29-31-5-4-8-35(26-31)44(45,46)47)50-41(53)33-7-3-6-32(25-33)30-59-24-23-58-22-21-57-20-19-56-18-17-55-16-15-54-14-13-51/h3-8,10,12,25-27,51H,9,11,13-24,28-30H2,1-2H3,(H,49,52)(H,50,53). The van der Waals surface area contributed by atoms with E-state index in [0.717, 1.165) is 53.0 Å². The van der Waals surface area contributed by atoms with Gasteiger partial charge in [-0.25, -0.2) is 0 Å². The Labute approximate surface area is 352 Å². The molecule has 326 valence electrons. The molecule has 0 saturated heterocycles. The molecule has 16 heteroatoms. The molecule has 12 nitrogen and oxygen atoms in total. The van der Waals surface area contributed by atoms with E-state index < -0.39 is 17.6 Å². The lowest BCUT2D eigenvalue weighted by Gasteiger charge is -2.29. The molecule has 0 saturated carbocycles. The molecule has 3 N–H and O–H groups in total. The number of nitrogens with one attached hydrogen (secondary N) is 2. The SMILES string of the molecule is CC1(C)CCc2c(sc(NC(=O)c3cccc(COCCOCCOCCOCCOCCOCCO)c3)c2-c2cc(C(=O)NCc3cccc(C(F)(F)F)c3)ccn2)C1. The van der Waals surface area contributed by atoms with Gasteiger partial charge < -0.3 is 44.2 Å². The molecule has 0 unspecified atom stereocenters. The first-order valence-electron chi connectivity index (χ1n) is 20.0. The molecule has 2 amide bonds. The zero-order chi connectivity index (χ0) is 42.8. The van der Waals surface area contributed by atoms with Crippen molar-refractivity contribution >= 4 is 28.2 Å². The second kappa shape index (κ2) is 23.7. The van der Waals surface area contributed by atoms with Gasteiger partial charge in [-0.15, -0.1) is 11.3 Å². The molecule has 1 aliphatic carbocycles. The predicted molar refractivity (Wildman–Crippen MR) is 221 cm³/mol. The van der Waals surface area contributed by atoms with Gasteiger partial charge in [0, 0.05) is 34.3 Å². The van der Waals surface area contributed by atoms with Crippen LogP contribution in [0, 0.1) is 5.41 Å². The fourth-order valence-corrected chi connectivity index (χ4v) is 7.96. The zero-order valence-electron chi connectivity index (χ0n) is 34.1. The molecule has 2 aromatic carbocycles. The summed E-state index contributed by atoms with van der Waals surface area (Å²) in [6.07, 6.45) is -0.419. The quantitative estimate of drug-likeness (QED) is 0.0590. The van der Waals surface area contributed by atoms with Gasteiger partial charge in [-0.3, -0.25) is 14.6 Å². The Morgan fingerprint density at radius 2 is 1.37 bits per heavy atom. The van der Waals surface area contributed by atoms with E-state index in [4.69, 9.17) is 33.5 Å². The number of nitrogens with zero attached hydrogens (tertiary/aromatic N) is 1. The van der Waals surface area contributed by atoms with Gasteiger partial charge in [0.1, 0.15) is 5.00 Å². The smallest absolute Gasteiger partial charge is 0.394 e. The molecule has 0 fully saturated rings. The Balaban J connectivity index is 1.10. The molecule has 4 aromatic rings. The van der Waals surface area contributed by atoms with Crippen molar-refractivity contribution in [2.24, 2.45) is 5.41 Å². The van der Waals surface area contributed by atoms with Crippen LogP contribution in [0.5, 0.6) is 0 Å². The molecule has 1 aliphatic rings. The molecular formula is C44H54F3N3O9S. The van der Waals surface area contributed by atoms with Gasteiger partial charge in [-0.05, 0) is 77.8 Å².